The Balaban J connectivity index is 0. The fourth-order valence-corrected chi connectivity index (χ4v) is 3.94. The molecule has 1 aliphatic rings. The van der Waals surface area contributed by atoms with Crippen molar-refractivity contribution in [1.82, 2.24) is 20.9 Å². The molecule has 0 spiro atoms. The molecule has 1 aliphatic heterocycles. The topological polar surface area (TPSA) is 148 Å². The Morgan fingerprint density at radius 3 is 2.32 bits per heavy atom. The van der Waals surface area contributed by atoms with Crippen LogP contribution in [-0.2, 0) is 35.0 Å². The molecular formula is C25H40N4O7S. The summed E-state index contributed by atoms with van der Waals surface area (Å²) in [5, 5.41) is 8.50. The van der Waals surface area contributed by atoms with Gasteiger partial charge in [-0.25, -0.2) is 4.98 Å². The molecule has 1 fully saturated rings. The molecule has 12 heteroatoms. The van der Waals surface area contributed by atoms with Crippen molar-refractivity contribution < 1.29 is 37.7 Å². The SMILES string of the molecule is COC.COCC(NC(=O)c1cnc(C)s1)C(=O)NCC(=O)NC(Cc1ccccc1)C(=O)C1(C)CO1.[HH].[HH].[HH]. The van der Waals surface area contributed by atoms with Gasteiger partial charge in [-0.1, -0.05) is 30.3 Å². The lowest BCUT2D eigenvalue weighted by Gasteiger charge is -2.21. The first-order chi connectivity index (χ1) is 17.6. The first-order valence-corrected chi connectivity index (χ1v) is 12.4. The minimum absolute atomic E-state index is 0. The molecule has 1 saturated heterocycles. The van der Waals surface area contributed by atoms with Crippen LogP contribution in [0.5, 0.6) is 0 Å². The number of epoxide rings is 1. The van der Waals surface area contributed by atoms with E-state index in [4.69, 9.17) is 9.47 Å². The van der Waals surface area contributed by atoms with Crippen LogP contribution in [0, 0.1) is 6.92 Å². The fourth-order valence-electron chi connectivity index (χ4n) is 3.26. The summed E-state index contributed by atoms with van der Waals surface area (Å²) < 4.78 is 14.5. The number of amides is 3. The highest BCUT2D eigenvalue weighted by molar-refractivity contribution is 7.13. The fraction of sp³-hybridized carbons (Fsp3) is 0.480. The number of carbonyl (C=O) groups is 4. The molecule has 3 N–H and O–H groups in total. The molecule has 1 aromatic carbocycles. The normalized spacial score (nSPS) is 17.4. The molecule has 3 unspecified atom stereocenters. The van der Waals surface area contributed by atoms with Crippen LogP contribution in [0.4, 0.5) is 0 Å². The van der Waals surface area contributed by atoms with E-state index in [0.717, 1.165) is 10.6 Å². The standard InChI is InChI=1S/C23H28N4O6S.C2H6O.3H2/c1-14-24-10-18(34-14)22(31)27-17(12-32-3)21(30)25-11-19(28)26-16(20(29)23(2)13-33-23)9-15-7-5-4-6-8-15;1-3-2;;;/h4-8,10,16-17H,9,11-13H2,1-3H3,(H,25,30)(H,26,28)(H,27,31);1-2H3;3*1H. The predicted molar refractivity (Wildman–Crippen MR) is 144 cm³/mol. The van der Waals surface area contributed by atoms with Gasteiger partial charge in [0, 0.05) is 25.6 Å². The second-order valence-electron chi connectivity index (χ2n) is 8.54. The van der Waals surface area contributed by atoms with Crippen LogP contribution in [0.1, 0.15) is 31.4 Å². The Morgan fingerprint density at radius 2 is 1.78 bits per heavy atom. The number of thiazole rings is 1. The zero-order chi connectivity index (χ0) is 27.4. The molecule has 3 amide bonds. The highest BCUT2D eigenvalue weighted by atomic mass is 32.1. The van der Waals surface area contributed by atoms with Gasteiger partial charge in [0.2, 0.25) is 11.8 Å². The smallest absolute Gasteiger partial charge is 0.263 e. The van der Waals surface area contributed by atoms with E-state index in [9.17, 15) is 19.2 Å². The molecule has 3 rings (SSSR count). The number of methoxy groups -OCH3 is 2. The predicted octanol–water partition coefficient (Wildman–Crippen LogP) is 1.40. The second kappa shape index (κ2) is 14.5. The molecule has 37 heavy (non-hydrogen) atoms. The Hall–Kier alpha value is -3.19. The van der Waals surface area contributed by atoms with Crippen molar-refractivity contribution in [2.24, 2.45) is 0 Å². The number of rotatable bonds is 12. The molecule has 11 nitrogen and oxygen atoms in total. The lowest BCUT2D eigenvalue weighted by Crippen LogP contribution is -2.53. The van der Waals surface area contributed by atoms with Crippen LogP contribution in [0.2, 0.25) is 0 Å². The third kappa shape index (κ3) is 9.65. The molecule has 3 atom stereocenters. The Bertz CT molecular complexity index is 1070. The lowest BCUT2D eigenvalue weighted by molar-refractivity contribution is -0.131. The van der Waals surface area contributed by atoms with Crippen molar-refractivity contribution in [2.45, 2.75) is 38.0 Å². The molecule has 2 aromatic rings. The zero-order valence-electron chi connectivity index (χ0n) is 21.7. The summed E-state index contributed by atoms with van der Waals surface area (Å²) in [6.45, 7) is 3.31. The third-order valence-corrected chi connectivity index (χ3v) is 6.17. The average molecular weight is 541 g/mol. The average Bonchev–Trinajstić information content (AvgIpc) is 3.48. The largest absolute Gasteiger partial charge is 0.388 e. The maximum atomic E-state index is 12.9. The second-order valence-corrected chi connectivity index (χ2v) is 9.78. The van der Waals surface area contributed by atoms with Gasteiger partial charge in [-0.05, 0) is 25.8 Å². The number of aryl methyl sites for hydroxylation is 1. The van der Waals surface area contributed by atoms with Crippen molar-refractivity contribution >= 4 is 34.8 Å². The molecule has 1 aromatic heterocycles. The summed E-state index contributed by atoms with van der Waals surface area (Å²) in [5.41, 5.74) is -0.0191. The van der Waals surface area contributed by atoms with E-state index in [1.807, 2.05) is 30.3 Å². The molecule has 208 valence electrons. The van der Waals surface area contributed by atoms with Gasteiger partial charge >= 0.3 is 0 Å². The summed E-state index contributed by atoms with van der Waals surface area (Å²) in [6.07, 6.45) is 1.73. The van der Waals surface area contributed by atoms with E-state index in [1.165, 1.54) is 24.6 Å². The van der Waals surface area contributed by atoms with Gasteiger partial charge in [-0.3, -0.25) is 19.2 Å². The van der Waals surface area contributed by atoms with E-state index in [2.05, 4.69) is 25.7 Å². The number of Topliss-reactive ketones (excluding diaryl/α,β-unsaturated/α-hetero) is 1. The van der Waals surface area contributed by atoms with Crippen molar-refractivity contribution in [2.75, 3.05) is 41.1 Å². The van der Waals surface area contributed by atoms with E-state index in [0.29, 0.717) is 17.9 Å². The number of ether oxygens (including phenoxy) is 3. The van der Waals surface area contributed by atoms with Gasteiger partial charge in [-0.2, -0.15) is 0 Å². The minimum atomic E-state index is -1.01. The van der Waals surface area contributed by atoms with Crippen molar-refractivity contribution in [1.29, 1.82) is 0 Å². The van der Waals surface area contributed by atoms with E-state index < -0.39 is 35.4 Å². The van der Waals surface area contributed by atoms with Gasteiger partial charge in [-0.15, -0.1) is 11.3 Å². The summed E-state index contributed by atoms with van der Waals surface area (Å²) >= 11 is 1.20. The Morgan fingerprint density at radius 1 is 1.14 bits per heavy atom. The first kappa shape index (κ1) is 30.0. The molecule has 0 aliphatic carbocycles. The molecule has 0 bridgehead atoms. The number of hydrogen-bond donors (Lipinski definition) is 3. The molecule has 0 saturated carbocycles. The van der Waals surface area contributed by atoms with Crippen LogP contribution >= 0.6 is 11.3 Å². The van der Waals surface area contributed by atoms with Crippen LogP contribution in [0.15, 0.2) is 36.5 Å². The highest BCUT2D eigenvalue weighted by Gasteiger charge is 2.50. The van der Waals surface area contributed by atoms with Crippen LogP contribution in [-0.4, -0.2) is 87.3 Å². The summed E-state index contributed by atoms with van der Waals surface area (Å²) in [4.78, 5) is 54.8. The van der Waals surface area contributed by atoms with Gasteiger partial charge < -0.3 is 30.2 Å². The summed E-state index contributed by atoms with van der Waals surface area (Å²) in [6, 6.07) is 7.50. The van der Waals surface area contributed by atoms with E-state index in [-0.39, 0.29) is 23.2 Å². The van der Waals surface area contributed by atoms with Gasteiger partial charge in [0.25, 0.3) is 5.91 Å². The highest BCUT2D eigenvalue weighted by Crippen LogP contribution is 2.29. The molecular weight excluding hydrogens is 500 g/mol. The van der Waals surface area contributed by atoms with Crippen molar-refractivity contribution in [3.8, 4) is 0 Å². The number of nitrogens with one attached hydrogen (secondary N) is 3. The van der Waals surface area contributed by atoms with Gasteiger partial charge in [0.1, 0.15) is 16.5 Å². The number of aromatic nitrogens is 1. The van der Waals surface area contributed by atoms with Gasteiger partial charge in [0.05, 0.1) is 37.0 Å². The quantitative estimate of drug-likeness (QED) is 0.342. The minimum Gasteiger partial charge on any atom is -0.388 e. The van der Waals surface area contributed by atoms with Crippen LogP contribution in [0.3, 0.4) is 0 Å². The number of hydrogen-bond acceptors (Lipinski definition) is 9. The van der Waals surface area contributed by atoms with Crippen LogP contribution < -0.4 is 16.0 Å². The molecule has 2 heterocycles. The number of carbonyl (C=O) groups excluding carboxylic acids is 4. The Kier molecular flexibility index (Phi) is 11.8. The van der Waals surface area contributed by atoms with E-state index in [1.54, 1.807) is 28.1 Å². The number of nitrogens with zero attached hydrogens (tertiary/aromatic N) is 1. The van der Waals surface area contributed by atoms with Gasteiger partial charge in [0.15, 0.2) is 5.78 Å². The zero-order valence-corrected chi connectivity index (χ0v) is 22.5. The lowest BCUT2D eigenvalue weighted by atomic mass is 9.95. The van der Waals surface area contributed by atoms with Crippen LogP contribution in [0.25, 0.3) is 0 Å². The van der Waals surface area contributed by atoms with E-state index >= 15 is 0 Å². The van der Waals surface area contributed by atoms with Crippen molar-refractivity contribution in [3.63, 3.8) is 0 Å². The number of benzene rings is 1. The monoisotopic (exact) mass is 540 g/mol. The van der Waals surface area contributed by atoms with Crippen molar-refractivity contribution in [3.05, 3.63) is 52.0 Å². The third-order valence-electron chi connectivity index (χ3n) is 5.26. The maximum Gasteiger partial charge on any atom is 0.263 e. The molecule has 0 radical (unpaired) electrons. The Labute approximate surface area is 224 Å². The number of ketones is 1. The maximum absolute atomic E-state index is 12.9. The first-order valence-electron chi connectivity index (χ1n) is 11.5. The summed E-state index contributed by atoms with van der Waals surface area (Å²) in [5.74, 6) is -1.80. The summed E-state index contributed by atoms with van der Waals surface area (Å²) in [7, 11) is 4.65.